The van der Waals surface area contributed by atoms with Crippen LogP contribution in [0.1, 0.15) is 23.7 Å². The molecule has 0 aliphatic rings. The maximum absolute atomic E-state index is 11.5. The molecule has 6 nitrogen and oxygen atoms in total. The Kier molecular flexibility index (Phi) is 7.51. The van der Waals surface area contributed by atoms with Crippen molar-refractivity contribution in [2.45, 2.75) is 19.4 Å². The fourth-order valence-corrected chi connectivity index (χ4v) is 1.66. The van der Waals surface area contributed by atoms with Crippen LogP contribution >= 0.6 is 0 Å². The summed E-state index contributed by atoms with van der Waals surface area (Å²) < 4.78 is 15.5. The molecule has 1 aromatic rings. The molecule has 22 heavy (non-hydrogen) atoms. The Balaban J connectivity index is 2.54. The highest BCUT2D eigenvalue weighted by Gasteiger charge is 2.14. The summed E-state index contributed by atoms with van der Waals surface area (Å²) in [6.07, 6.45) is 3.93. The second-order valence-corrected chi connectivity index (χ2v) is 4.39. The third kappa shape index (κ3) is 6.29. The van der Waals surface area contributed by atoms with E-state index in [1.807, 2.05) is 0 Å². The van der Waals surface area contributed by atoms with Gasteiger partial charge in [-0.15, -0.1) is 6.42 Å². The van der Waals surface area contributed by atoms with Crippen molar-refractivity contribution in [3.63, 3.8) is 0 Å². The molecule has 0 aromatic heterocycles. The molecule has 0 spiro atoms. The molecule has 0 aliphatic carbocycles. The number of carbonyl (C=O) groups is 2. The summed E-state index contributed by atoms with van der Waals surface area (Å²) >= 11 is 0. The van der Waals surface area contributed by atoms with Crippen LogP contribution in [0.25, 0.3) is 0 Å². The van der Waals surface area contributed by atoms with Gasteiger partial charge in [-0.05, 0) is 24.3 Å². The zero-order valence-electron chi connectivity index (χ0n) is 12.4. The number of amides is 1. The number of ether oxygens (including phenoxy) is 3. The van der Waals surface area contributed by atoms with Crippen molar-refractivity contribution >= 4 is 11.9 Å². The van der Waals surface area contributed by atoms with Gasteiger partial charge in [0.05, 0.1) is 6.61 Å². The van der Waals surface area contributed by atoms with Gasteiger partial charge in [-0.2, -0.15) is 0 Å². The number of Topliss-reactive ketones (excluding diaryl/α,β-unsaturated/α-hetero) is 1. The van der Waals surface area contributed by atoms with E-state index in [9.17, 15) is 9.59 Å². The zero-order chi connectivity index (χ0) is 16.4. The maximum atomic E-state index is 11.5. The molecule has 0 aliphatic heterocycles. The molecule has 6 heteroatoms. The average molecular weight is 305 g/mol. The SMILES string of the molecule is C#CCOCC(COc1ccc(C(=O)CC)cc1)OC(N)=O. The van der Waals surface area contributed by atoms with Crippen LogP contribution in [0.3, 0.4) is 0 Å². The largest absolute Gasteiger partial charge is 0.490 e. The lowest BCUT2D eigenvalue weighted by Gasteiger charge is -2.17. The number of rotatable bonds is 9. The fourth-order valence-electron chi connectivity index (χ4n) is 1.66. The van der Waals surface area contributed by atoms with Crippen molar-refractivity contribution in [2.24, 2.45) is 5.73 Å². The minimum Gasteiger partial charge on any atom is -0.490 e. The second-order valence-electron chi connectivity index (χ2n) is 4.39. The van der Waals surface area contributed by atoms with Gasteiger partial charge in [0.2, 0.25) is 0 Å². The Hall–Kier alpha value is -2.52. The minimum atomic E-state index is -0.915. The van der Waals surface area contributed by atoms with E-state index in [4.69, 9.17) is 26.4 Å². The molecule has 1 rings (SSSR count). The summed E-state index contributed by atoms with van der Waals surface area (Å²) in [6, 6.07) is 6.71. The Morgan fingerprint density at radius 2 is 1.95 bits per heavy atom. The highest BCUT2D eigenvalue weighted by Crippen LogP contribution is 2.14. The molecule has 0 fully saturated rings. The molecular weight excluding hydrogens is 286 g/mol. The van der Waals surface area contributed by atoms with Crippen LogP contribution in [-0.2, 0) is 9.47 Å². The van der Waals surface area contributed by atoms with Gasteiger partial charge in [-0.3, -0.25) is 4.79 Å². The number of nitrogens with two attached hydrogens (primary N) is 1. The predicted octanol–water partition coefficient (Wildman–Crippen LogP) is 1.77. The van der Waals surface area contributed by atoms with Gasteiger partial charge in [0.25, 0.3) is 0 Å². The van der Waals surface area contributed by atoms with E-state index in [1.54, 1.807) is 31.2 Å². The summed E-state index contributed by atoms with van der Waals surface area (Å²) in [5.41, 5.74) is 5.61. The van der Waals surface area contributed by atoms with Crippen LogP contribution < -0.4 is 10.5 Å². The van der Waals surface area contributed by atoms with Gasteiger partial charge >= 0.3 is 6.09 Å². The number of benzene rings is 1. The molecule has 1 unspecified atom stereocenters. The van der Waals surface area contributed by atoms with Crippen molar-refractivity contribution in [1.29, 1.82) is 0 Å². The van der Waals surface area contributed by atoms with Gasteiger partial charge in [0.1, 0.15) is 19.0 Å². The summed E-state index contributed by atoms with van der Waals surface area (Å²) in [7, 11) is 0. The standard InChI is InChI=1S/C16H19NO5/c1-3-9-20-10-14(22-16(17)19)11-21-13-7-5-12(6-8-13)15(18)4-2/h1,5-8,14H,4,9-11H2,2H3,(H2,17,19). The van der Waals surface area contributed by atoms with Gasteiger partial charge in [-0.1, -0.05) is 12.8 Å². The van der Waals surface area contributed by atoms with Crippen LogP contribution in [0.15, 0.2) is 24.3 Å². The van der Waals surface area contributed by atoms with Crippen molar-refractivity contribution in [3.05, 3.63) is 29.8 Å². The lowest BCUT2D eigenvalue weighted by Crippen LogP contribution is -2.32. The monoisotopic (exact) mass is 305 g/mol. The van der Waals surface area contributed by atoms with E-state index in [-0.39, 0.29) is 25.6 Å². The van der Waals surface area contributed by atoms with Crippen molar-refractivity contribution < 1.29 is 23.8 Å². The van der Waals surface area contributed by atoms with Crippen molar-refractivity contribution in [1.82, 2.24) is 0 Å². The summed E-state index contributed by atoms with van der Waals surface area (Å²) in [4.78, 5) is 22.3. The number of terminal acetylenes is 1. The normalized spacial score (nSPS) is 11.3. The Labute approximate surface area is 129 Å². The fraction of sp³-hybridized carbons (Fsp3) is 0.375. The third-order valence-electron chi connectivity index (χ3n) is 2.71. The van der Waals surface area contributed by atoms with E-state index in [2.05, 4.69) is 5.92 Å². The van der Waals surface area contributed by atoms with Gasteiger partial charge < -0.3 is 19.9 Å². The molecule has 0 saturated carbocycles. The topological polar surface area (TPSA) is 87.8 Å². The molecule has 0 radical (unpaired) electrons. The van der Waals surface area contributed by atoms with Crippen molar-refractivity contribution in [3.8, 4) is 18.1 Å². The lowest BCUT2D eigenvalue weighted by molar-refractivity contribution is 0.0101. The molecule has 0 bridgehead atoms. The summed E-state index contributed by atoms with van der Waals surface area (Å²) in [5.74, 6) is 2.91. The first-order valence-electron chi connectivity index (χ1n) is 6.80. The predicted molar refractivity (Wildman–Crippen MR) is 80.7 cm³/mol. The van der Waals surface area contributed by atoms with Crippen LogP contribution in [0, 0.1) is 12.3 Å². The number of primary amides is 1. The number of ketones is 1. The van der Waals surface area contributed by atoms with Gasteiger partial charge in [-0.25, -0.2) is 4.79 Å². The maximum Gasteiger partial charge on any atom is 0.404 e. The molecule has 1 aromatic carbocycles. The lowest BCUT2D eigenvalue weighted by atomic mass is 10.1. The Morgan fingerprint density at radius 1 is 1.27 bits per heavy atom. The van der Waals surface area contributed by atoms with Crippen LogP contribution in [0.4, 0.5) is 4.79 Å². The Bertz CT molecular complexity index is 532. The third-order valence-corrected chi connectivity index (χ3v) is 2.71. The van der Waals surface area contributed by atoms with E-state index >= 15 is 0 Å². The van der Waals surface area contributed by atoms with Gasteiger partial charge in [0, 0.05) is 12.0 Å². The van der Waals surface area contributed by atoms with E-state index in [0.717, 1.165) is 0 Å². The number of hydrogen-bond donors (Lipinski definition) is 1. The first kappa shape index (κ1) is 17.5. The molecule has 0 saturated heterocycles. The van der Waals surface area contributed by atoms with Crippen LogP contribution in [0.5, 0.6) is 5.75 Å². The molecule has 1 atom stereocenters. The average Bonchev–Trinajstić information content (AvgIpc) is 2.52. The molecule has 1 amide bonds. The van der Waals surface area contributed by atoms with E-state index < -0.39 is 12.2 Å². The first-order chi connectivity index (χ1) is 10.6. The van der Waals surface area contributed by atoms with E-state index in [1.165, 1.54) is 0 Å². The molecule has 0 heterocycles. The molecule has 2 N–H and O–H groups in total. The van der Waals surface area contributed by atoms with Crippen molar-refractivity contribution in [2.75, 3.05) is 19.8 Å². The highest BCUT2D eigenvalue weighted by atomic mass is 16.6. The number of hydrogen-bond acceptors (Lipinski definition) is 5. The smallest absolute Gasteiger partial charge is 0.404 e. The minimum absolute atomic E-state index is 0.0594. The quantitative estimate of drug-likeness (QED) is 0.427. The number of carbonyl (C=O) groups excluding carboxylic acids is 2. The molecular formula is C16H19NO5. The summed E-state index contributed by atoms with van der Waals surface area (Å²) in [6.45, 7) is 2.05. The summed E-state index contributed by atoms with van der Waals surface area (Å²) in [5, 5.41) is 0. The zero-order valence-corrected chi connectivity index (χ0v) is 12.4. The van der Waals surface area contributed by atoms with Crippen LogP contribution in [0.2, 0.25) is 0 Å². The first-order valence-corrected chi connectivity index (χ1v) is 6.80. The Morgan fingerprint density at radius 3 is 2.50 bits per heavy atom. The van der Waals surface area contributed by atoms with Crippen LogP contribution in [-0.4, -0.2) is 37.8 Å². The molecule has 118 valence electrons. The van der Waals surface area contributed by atoms with E-state index in [0.29, 0.717) is 17.7 Å². The van der Waals surface area contributed by atoms with Gasteiger partial charge in [0.15, 0.2) is 11.9 Å². The highest BCUT2D eigenvalue weighted by molar-refractivity contribution is 5.95. The second kappa shape index (κ2) is 9.42.